The number of carbonyl (C=O) groups is 1. The van der Waals surface area contributed by atoms with Gasteiger partial charge >= 0.3 is 0 Å². The largest absolute Gasteiger partial charge is 0.273 e. The Morgan fingerprint density at radius 2 is 2.16 bits per heavy atom. The van der Waals surface area contributed by atoms with Crippen LogP contribution in [0, 0.1) is 5.92 Å². The maximum Gasteiger partial charge on any atom is 0.240 e. The van der Waals surface area contributed by atoms with Crippen LogP contribution in [0.2, 0.25) is 0 Å². The Balaban J connectivity index is 1.77. The van der Waals surface area contributed by atoms with Crippen molar-refractivity contribution in [3.8, 4) is 0 Å². The summed E-state index contributed by atoms with van der Waals surface area (Å²) in [5, 5.41) is 4.30. The molecule has 1 unspecified atom stereocenters. The van der Waals surface area contributed by atoms with E-state index in [0.29, 0.717) is 12.3 Å². The van der Waals surface area contributed by atoms with Crippen LogP contribution >= 0.6 is 0 Å². The van der Waals surface area contributed by atoms with E-state index >= 15 is 0 Å². The average Bonchev–Trinajstić information content (AvgIpc) is 2.91. The van der Waals surface area contributed by atoms with Gasteiger partial charge in [0, 0.05) is 12.1 Å². The van der Waals surface area contributed by atoms with Gasteiger partial charge in [0.1, 0.15) is 0 Å². The van der Waals surface area contributed by atoms with Crippen molar-refractivity contribution in [1.29, 1.82) is 0 Å². The van der Waals surface area contributed by atoms with Gasteiger partial charge in [-0.1, -0.05) is 37.3 Å². The smallest absolute Gasteiger partial charge is 0.240 e. The molecular formula is C16H22N2O. The number of nitrogens with one attached hydrogen (secondary N) is 1. The van der Waals surface area contributed by atoms with Gasteiger partial charge in [0.15, 0.2) is 0 Å². The molecule has 1 saturated carbocycles. The first kappa shape index (κ1) is 13.8. The molecule has 0 heterocycles. The molecule has 102 valence electrons. The minimum atomic E-state index is 0.0121. The zero-order chi connectivity index (χ0) is 13.5. The maximum atomic E-state index is 11.7. The zero-order valence-corrected chi connectivity index (χ0v) is 11.6. The topological polar surface area (TPSA) is 41.5 Å². The van der Waals surface area contributed by atoms with Gasteiger partial charge in [-0.2, -0.15) is 5.10 Å². The Bertz CT molecular complexity index is 439. The summed E-state index contributed by atoms with van der Waals surface area (Å²) >= 11 is 0. The molecule has 1 aromatic rings. The third kappa shape index (κ3) is 4.19. The number of hydrogen-bond acceptors (Lipinski definition) is 2. The van der Waals surface area contributed by atoms with Crippen molar-refractivity contribution in [2.75, 3.05) is 0 Å². The summed E-state index contributed by atoms with van der Waals surface area (Å²) in [4.78, 5) is 11.7. The molecule has 1 aliphatic rings. The molecule has 1 fully saturated rings. The Morgan fingerprint density at radius 3 is 2.89 bits per heavy atom. The highest BCUT2D eigenvalue weighted by Crippen LogP contribution is 2.24. The second-order valence-electron chi connectivity index (χ2n) is 5.12. The highest BCUT2D eigenvalue weighted by molar-refractivity contribution is 5.89. The molecular weight excluding hydrogens is 236 g/mol. The molecule has 1 aromatic carbocycles. The molecule has 3 heteroatoms. The fourth-order valence-electron chi connectivity index (χ4n) is 2.58. The van der Waals surface area contributed by atoms with Crippen molar-refractivity contribution >= 4 is 11.6 Å². The Kier molecular flexibility index (Phi) is 5.13. The SMILES string of the molecule is CCC1CCCC1=NNC(=O)CCc1ccccc1. The van der Waals surface area contributed by atoms with E-state index in [2.05, 4.69) is 17.5 Å². The molecule has 1 amide bonds. The van der Waals surface area contributed by atoms with Crippen LogP contribution in [0.5, 0.6) is 0 Å². The summed E-state index contributed by atoms with van der Waals surface area (Å²) in [5.74, 6) is 0.590. The van der Waals surface area contributed by atoms with E-state index in [0.717, 1.165) is 19.3 Å². The molecule has 0 radical (unpaired) electrons. The minimum absolute atomic E-state index is 0.0121. The first-order chi connectivity index (χ1) is 9.29. The van der Waals surface area contributed by atoms with Crippen LogP contribution < -0.4 is 5.43 Å². The van der Waals surface area contributed by atoms with Crippen molar-refractivity contribution in [3.05, 3.63) is 35.9 Å². The van der Waals surface area contributed by atoms with E-state index in [1.807, 2.05) is 30.3 Å². The molecule has 1 aliphatic carbocycles. The number of benzene rings is 1. The van der Waals surface area contributed by atoms with E-state index in [1.54, 1.807) is 0 Å². The van der Waals surface area contributed by atoms with E-state index < -0.39 is 0 Å². The number of rotatable bonds is 5. The van der Waals surface area contributed by atoms with Crippen molar-refractivity contribution in [2.24, 2.45) is 11.0 Å². The fourth-order valence-corrected chi connectivity index (χ4v) is 2.58. The van der Waals surface area contributed by atoms with Crippen LogP contribution in [0.25, 0.3) is 0 Å². The molecule has 0 bridgehead atoms. The summed E-state index contributed by atoms with van der Waals surface area (Å²) in [6.45, 7) is 2.18. The Morgan fingerprint density at radius 1 is 1.37 bits per heavy atom. The maximum absolute atomic E-state index is 11.7. The molecule has 3 nitrogen and oxygen atoms in total. The Labute approximate surface area is 115 Å². The van der Waals surface area contributed by atoms with E-state index in [9.17, 15) is 4.79 Å². The molecule has 1 N–H and O–H groups in total. The van der Waals surface area contributed by atoms with Crippen LogP contribution in [-0.4, -0.2) is 11.6 Å². The lowest BCUT2D eigenvalue weighted by molar-refractivity contribution is -0.121. The summed E-state index contributed by atoms with van der Waals surface area (Å²) in [5.41, 5.74) is 5.08. The van der Waals surface area contributed by atoms with Crippen LogP contribution in [0.4, 0.5) is 0 Å². The molecule has 0 aliphatic heterocycles. The number of aryl methyl sites for hydroxylation is 1. The van der Waals surface area contributed by atoms with Gasteiger partial charge in [0.25, 0.3) is 0 Å². The first-order valence-electron chi connectivity index (χ1n) is 7.18. The third-order valence-electron chi connectivity index (χ3n) is 3.76. The van der Waals surface area contributed by atoms with Crippen LogP contribution in [0.1, 0.15) is 44.6 Å². The number of carbonyl (C=O) groups excluding carboxylic acids is 1. The van der Waals surface area contributed by atoms with Crippen LogP contribution in [0.3, 0.4) is 0 Å². The Hall–Kier alpha value is -1.64. The van der Waals surface area contributed by atoms with Crippen molar-refractivity contribution in [1.82, 2.24) is 5.43 Å². The number of hydrazone groups is 1. The monoisotopic (exact) mass is 258 g/mol. The normalized spacial score (nSPS) is 20.7. The predicted octanol–water partition coefficient (Wildman–Crippen LogP) is 3.30. The average molecular weight is 258 g/mol. The molecule has 2 rings (SSSR count). The highest BCUT2D eigenvalue weighted by Gasteiger charge is 2.20. The van der Waals surface area contributed by atoms with E-state index in [1.165, 1.54) is 24.1 Å². The molecule has 0 saturated heterocycles. The second-order valence-corrected chi connectivity index (χ2v) is 5.12. The summed E-state index contributed by atoms with van der Waals surface area (Å²) in [6, 6.07) is 10.1. The number of amides is 1. The zero-order valence-electron chi connectivity index (χ0n) is 11.6. The second kappa shape index (κ2) is 7.07. The van der Waals surface area contributed by atoms with Gasteiger partial charge in [-0.05, 0) is 43.6 Å². The number of nitrogens with zero attached hydrogens (tertiary/aromatic N) is 1. The van der Waals surface area contributed by atoms with Crippen molar-refractivity contribution < 1.29 is 4.79 Å². The van der Waals surface area contributed by atoms with E-state index in [4.69, 9.17) is 0 Å². The molecule has 0 aromatic heterocycles. The van der Waals surface area contributed by atoms with Gasteiger partial charge in [-0.3, -0.25) is 4.79 Å². The van der Waals surface area contributed by atoms with Gasteiger partial charge in [-0.15, -0.1) is 0 Å². The highest BCUT2D eigenvalue weighted by atomic mass is 16.2. The number of hydrogen-bond donors (Lipinski definition) is 1. The lowest BCUT2D eigenvalue weighted by atomic mass is 10.0. The summed E-state index contributed by atoms with van der Waals surface area (Å²) < 4.78 is 0. The van der Waals surface area contributed by atoms with Gasteiger partial charge in [0.2, 0.25) is 5.91 Å². The molecule has 0 spiro atoms. The fraction of sp³-hybridized carbons (Fsp3) is 0.500. The molecule has 19 heavy (non-hydrogen) atoms. The molecule has 1 atom stereocenters. The lowest BCUT2D eigenvalue weighted by Gasteiger charge is -2.07. The van der Waals surface area contributed by atoms with E-state index in [-0.39, 0.29) is 5.91 Å². The predicted molar refractivity (Wildman–Crippen MR) is 78.0 cm³/mol. The summed E-state index contributed by atoms with van der Waals surface area (Å²) in [6.07, 6.45) is 5.86. The quantitative estimate of drug-likeness (QED) is 0.809. The third-order valence-corrected chi connectivity index (χ3v) is 3.76. The minimum Gasteiger partial charge on any atom is -0.273 e. The van der Waals surface area contributed by atoms with Gasteiger partial charge in [0.05, 0.1) is 0 Å². The lowest BCUT2D eigenvalue weighted by Crippen LogP contribution is -2.21. The van der Waals surface area contributed by atoms with Gasteiger partial charge < -0.3 is 0 Å². The standard InChI is InChI=1S/C16H22N2O/c1-2-14-9-6-10-15(14)17-18-16(19)12-11-13-7-4-3-5-8-13/h3-5,7-8,14H,2,6,9-12H2,1H3,(H,18,19). The summed E-state index contributed by atoms with van der Waals surface area (Å²) in [7, 11) is 0. The van der Waals surface area contributed by atoms with Crippen molar-refractivity contribution in [2.45, 2.75) is 45.4 Å². The first-order valence-corrected chi connectivity index (χ1v) is 7.18. The van der Waals surface area contributed by atoms with Gasteiger partial charge in [-0.25, -0.2) is 5.43 Å². The van der Waals surface area contributed by atoms with Crippen molar-refractivity contribution in [3.63, 3.8) is 0 Å². The van der Waals surface area contributed by atoms with Crippen LogP contribution in [0.15, 0.2) is 35.4 Å². The van der Waals surface area contributed by atoms with Crippen LogP contribution in [-0.2, 0) is 11.2 Å².